The van der Waals surface area contributed by atoms with Crippen molar-refractivity contribution < 1.29 is 22.7 Å². The summed E-state index contributed by atoms with van der Waals surface area (Å²) in [5.74, 6) is -2.76. The molecule has 13 heavy (non-hydrogen) atoms. The molecule has 0 amide bonds. The predicted octanol–water partition coefficient (Wildman–Crippen LogP) is -0.879. The summed E-state index contributed by atoms with van der Waals surface area (Å²) in [6.45, 7) is 0. The van der Waals surface area contributed by atoms with Crippen LogP contribution < -0.4 is 0 Å². The summed E-state index contributed by atoms with van der Waals surface area (Å²) in [5, 5.41) is 0. The highest BCUT2D eigenvalue weighted by Crippen LogP contribution is 2.32. The second-order valence-electron chi connectivity index (χ2n) is 3.36. The third-order valence-electron chi connectivity index (χ3n) is 2.47. The molecule has 0 bridgehead atoms. The molecule has 0 N–H and O–H groups in total. The van der Waals surface area contributed by atoms with E-state index in [2.05, 4.69) is 4.74 Å². The molecule has 2 rings (SSSR count). The highest BCUT2D eigenvalue weighted by atomic mass is 32.2. The Morgan fingerprint density at radius 3 is 2.46 bits per heavy atom. The molecular weight excluding hydrogens is 196 g/mol. The number of ether oxygens (including phenoxy) is 1. The number of cyclic esters (lactones) is 2. The van der Waals surface area contributed by atoms with E-state index in [0.29, 0.717) is 0 Å². The fraction of sp³-hybridized carbons (Fsp3) is 0.714. The van der Waals surface area contributed by atoms with Gasteiger partial charge in [-0.05, 0) is 6.42 Å². The Morgan fingerprint density at radius 2 is 1.77 bits per heavy atom. The van der Waals surface area contributed by atoms with Gasteiger partial charge in [-0.3, -0.25) is 9.59 Å². The van der Waals surface area contributed by atoms with E-state index in [4.69, 9.17) is 0 Å². The lowest BCUT2D eigenvalue weighted by molar-refractivity contribution is -0.153. The Morgan fingerprint density at radius 1 is 1.15 bits per heavy atom. The minimum Gasteiger partial charge on any atom is -0.393 e. The molecule has 0 radical (unpaired) electrons. The van der Waals surface area contributed by atoms with E-state index < -0.39 is 33.6 Å². The van der Waals surface area contributed by atoms with Crippen LogP contribution >= 0.6 is 0 Å². The van der Waals surface area contributed by atoms with Crippen LogP contribution in [0.5, 0.6) is 0 Å². The Hall–Kier alpha value is -0.910. The summed E-state index contributed by atoms with van der Waals surface area (Å²) in [4.78, 5) is 22.0. The van der Waals surface area contributed by atoms with E-state index in [9.17, 15) is 18.0 Å². The number of esters is 2. The maximum atomic E-state index is 11.1. The fourth-order valence-electron chi connectivity index (χ4n) is 1.75. The van der Waals surface area contributed by atoms with Crippen LogP contribution in [0.2, 0.25) is 0 Å². The van der Waals surface area contributed by atoms with Gasteiger partial charge < -0.3 is 4.74 Å². The van der Waals surface area contributed by atoms with Crippen molar-refractivity contribution in [1.82, 2.24) is 0 Å². The van der Waals surface area contributed by atoms with E-state index in [0.717, 1.165) is 0 Å². The van der Waals surface area contributed by atoms with Crippen molar-refractivity contribution in [2.75, 3.05) is 11.5 Å². The normalized spacial score (nSPS) is 36.9. The molecule has 0 aromatic heterocycles. The van der Waals surface area contributed by atoms with Gasteiger partial charge in [0.2, 0.25) is 0 Å². The summed E-state index contributed by atoms with van der Waals surface area (Å²) in [5.41, 5.74) is 0. The van der Waals surface area contributed by atoms with Crippen molar-refractivity contribution in [1.29, 1.82) is 0 Å². The Balaban J connectivity index is 2.30. The van der Waals surface area contributed by atoms with E-state index >= 15 is 0 Å². The van der Waals surface area contributed by atoms with Crippen LogP contribution in [-0.4, -0.2) is 31.9 Å². The number of hydrogen-bond donors (Lipinski definition) is 0. The van der Waals surface area contributed by atoms with Gasteiger partial charge >= 0.3 is 11.9 Å². The standard InChI is InChI=1S/C7H8O5S/c8-6-4-1-2-13(10,11)3-5(4)7(9)12-6/h4-5H,1-3H2. The van der Waals surface area contributed by atoms with Crippen LogP contribution in [0.25, 0.3) is 0 Å². The number of hydrogen-bond acceptors (Lipinski definition) is 5. The topological polar surface area (TPSA) is 77.5 Å². The number of carbonyl (C=O) groups is 2. The monoisotopic (exact) mass is 204 g/mol. The quantitative estimate of drug-likeness (QED) is 0.378. The summed E-state index contributed by atoms with van der Waals surface area (Å²) >= 11 is 0. The van der Waals surface area contributed by atoms with Gasteiger partial charge in [-0.15, -0.1) is 0 Å². The maximum absolute atomic E-state index is 11.1. The summed E-state index contributed by atoms with van der Waals surface area (Å²) in [6.07, 6.45) is 0.220. The first-order valence-electron chi connectivity index (χ1n) is 3.95. The largest absolute Gasteiger partial charge is 0.393 e. The average molecular weight is 204 g/mol. The first-order chi connectivity index (χ1) is 5.99. The number of sulfone groups is 1. The molecular formula is C7H8O5S. The van der Waals surface area contributed by atoms with Crippen molar-refractivity contribution in [3.05, 3.63) is 0 Å². The summed E-state index contributed by atoms with van der Waals surface area (Å²) in [6, 6.07) is 0. The Bertz CT molecular complexity index is 368. The van der Waals surface area contributed by atoms with Gasteiger partial charge in [0, 0.05) is 0 Å². The molecule has 0 saturated carbocycles. The average Bonchev–Trinajstić information content (AvgIpc) is 2.26. The number of carbonyl (C=O) groups excluding carboxylic acids is 2. The molecule has 0 aromatic rings. The second-order valence-corrected chi connectivity index (χ2v) is 5.58. The SMILES string of the molecule is O=C1OC(=O)C2CS(=O)(=O)CCC12. The summed E-state index contributed by atoms with van der Waals surface area (Å²) in [7, 11) is -3.15. The lowest BCUT2D eigenvalue weighted by Gasteiger charge is -2.18. The molecule has 0 aliphatic carbocycles. The minimum absolute atomic E-state index is 0.0173. The minimum atomic E-state index is -3.15. The first kappa shape index (κ1) is 8.68. The van der Waals surface area contributed by atoms with Gasteiger partial charge in [0.05, 0.1) is 23.3 Å². The summed E-state index contributed by atoms with van der Waals surface area (Å²) < 4.78 is 26.6. The van der Waals surface area contributed by atoms with E-state index in [1.807, 2.05) is 0 Å². The van der Waals surface area contributed by atoms with Crippen LogP contribution in [0.4, 0.5) is 0 Å². The molecule has 0 aromatic carbocycles. The maximum Gasteiger partial charge on any atom is 0.318 e. The van der Waals surface area contributed by atoms with Gasteiger partial charge in [0.25, 0.3) is 0 Å². The molecule has 6 heteroatoms. The zero-order chi connectivity index (χ0) is 9.64. The molecule has 2 unspecified atom stereocenters. The molecule has 2 aliphatic rings. The Labute approximate surface area is 75.0 Å². The molecule has 72 valence electrons. The molecule has 2 saturated heterocycles. The molecule has 2 aliphatic heterocycles. The van der Waals surface area contributed by atoms with Gasteiger partial charge in [0.15, 0.2) is 9.84 Å². The lowest BCUT2D eigenvalue weighted by Crippen LogP contribution is -2.34. The zero-order valence-corrected chi connectivity index (χ0v) is 7.54. The van der Waals surface area contributed by atoms with Gasteiger partial charge in [-0.25, -0.2) is 8.42 Å². The van der Waals surface area contributed by atoms with Crippen LogP contribution in [0, 0.1) is 11.8 Å². The third kappa shape index (κ3) is 1.35. The number of rotatable bonds is 0. The molecule has 0 spiro atoms. The number of fused-ring (bicyclic) bond motifs is 1. The highest BCUT2D eigenvalue weighted by molar-refractivity contribution is 7.91. The van der Waals surface area contributed by atoms with Gasteiger partial charge in [-0.2, -0.15) is 0 Å². The van der Waals surface area contributed by atoms with E-state index in [1.165, 1.54) is 0 Å². The first-order valence-corrected chi connectivity index (χ1v) is 5.78. The zero-order valence-electron chi connectivity index (χ0n) is 6.73. The van der Waals surface area contributed by atoms with E-state index in [-0.39, 0.29) is 17.9 Å². The van der Waals surface area contributed by atoms with Crippen molar-refractivity contribution in [2.45, 2.75) is 6.42 Å². The molecule has 2 heterocycles. The van der Waals surface area contributed by atoms with Gasteiger partial charge in [0.1, 0.15) is 0 Å². The van der Waals surface area contributed by atoms with Crippen molar-refractivity contribution in [3.8, 4) is 0 Å². The fourth-order valence-corrected chi connectivity index (χ4v) is 3.44. The lowest BCUT2D eigenvalue weighted by atomic mass is 9.94. The Kier molecular flexibility index (Phi) is 1.69. The van der Waals surface area contributed by atoms with Crippen molar-refractivity contribution in [3.63, 3.8) is 0 Å². The third-order valence-corrected chi connectivity index (χ3v) is 4.19. The molecule has 2 atom stereocenters. The second kappa shape index (κ2) is 2.54. The predicted molar refractivity (Wildman–Crippen MR) is 41.3 cm³/mol. The van der Waals surface area contributed by atoms with Gasteiger partial charge in [-0.1, -0.05) is 0 Å². The molecule has 5 nitrogen and oxygen atoms in total. The highest BCUT2D eigenvalue weighted by Gasteiger charge is 2.49. The van der Waals surface area contributed by atoms with E-state index in [1.54, 1.807) is 0 Å². The smallest absolute Gasteiger partial charge is 0.318 e. The van der Waals surface area contributed by atoms with Crippen LogP contribution in [0.3, 0.4) is 0 Å². The molecule has 2 fully saturated rings. The van der Waals surface area contributed by atoms with Crippen molar-refractivity contribution >= 4 is 21.8 Å². The van der Waals surface area contributed by atoms with Crippen LogP contribution in [0.1, 0.15) is 6.42 Å². The van der Waals surface area contributed by atoms with Crippen molar-refractivity contribution in [2.24, 2.45) is 11.8 Å². The van der Waals surface area contributed by atoms with Crippen LogP contribution in [-0.2, 0) is 24.2 Å². The van der Waals surface area contributed by atoms with Crippen LogP contribution in [0.15, 0.2) is 0 Å².